The number of hydrogen-bond donors (Lipinski definition) is 2. The van der Waals surface area contributed by atoms with Crippen molar-refractivity contribution in [1.82, 2.24) is 15.2 Å². The molecule has 1 aromatic rings. The molecule has 0 bridgehead atoms. The molecule has 1 saturated heterocycles. The van der Waals surface area contributed by atoms with Gasteiger partial charge in [0, 0.05) is 18.1 Å². The van der Waals surface area contributed by atoms with Crippen molar-refractivity contribution in [2.75, 3.05) is 18.1 Å². The van der Waals surface area contributed by atoms with Gasteiger partial charge in [-0.3, -0.25) is 10.5 Å². The van der Waals surface area contributed by atoms with Gasteiger partial charge in [0.1, 0.15) is 0 Å². The van der Waals surface area contributed by atoms with Crippen molar-refractivity contribution in [2.24, 2.45) is 5.84 Å². The largest absolute Gasteiger partial charge is 0.374 e. The van der Waals surface area contributed by atoms with Crippen LogP contribution in [0.5, 0.6) is 0 Å². The van der Waals surface area contributed by atoms with E-state index in [1.54, 1.807) is 6.20 Å². The lowest BCUT2D eigenvalue weighted by molar-refractivity contribution is 0.0444. The SMILES string of the molecule is CCCn1ncc(Cl)c1C(NN)C1CSCCO1. The second-order valence-corrected chi connectivity index (χ2v) is 5.79. The number of nitrogens with one attached hydrogen (secondary N) is 1. The molecule has 0 saturated carbocycles. The summed E-state index contributed by atoms with van der Waals surface area (Å²) in [5.41, 5.74) is 3.75. The summed E-state index contributed by atoms with van der Waals surface area (Å²) in [4.78, 5) is 0. The molecule has 0 aliphatic carbocycles. The summed E-state index contributed by atoms with van der Waals surface area (Å²) in [6.07, 6.45) is 2.72. The maximum Gasteiger partial charge on any atom is 0.0913 e. The summed E-state index contributed by atoms with van der Waals surface area (Å²) < 4.78 is 7.69. The van der Waals surface area contributed by atoms with E-state index in [-0.39, 0.29) is 12.1 Å². The second-order valence-electron chi connectivity index (χ2n) is 4.23. The molecular formula is C11H19ClN4OS. The fourth-order valence-corrected chi connectivity index (χ4v) is 3.29. The number of ether oxygens (including phenoxy) is 1. The Balaban J connectivity index is 2.22. The number of thioether (sulfide) groups is 1. The van der Waals surface area contributed by atoms with Crippen molar-refractivity contribution in [3.05, 3.63) is 16.9 Å². The van der Waals surface area contributed by atoms with Crippen molar-refractivity contribution in [3.63, 3.8) is 0 Å². The Morgan fingerprint density at radius 1 is 1.78 bits per heavy atom. The van der Waals surface area contributed by atoms with Crippen molar-refractivity contribution >= 4 is 23.4 Å². The summed E-state index contributed by atoms with van der Waals surface area (Å²) in [5, 5.41) is 4.94. The molecule has 2 rings (SSSR count). The molecule has 1 aliphatic heterocycles. The number of nitrogens with zero attached hydrogens (tertiary/aromatic N) is 2. The van der Waals surface area contributed by atoms with E-state index in [4.69, 9.17) is 22.2 Å². The zero-order valence-electron chi connectivity index (χ0n) is 10.4. The molecule has 0 spiro atoms. The molecule has 5 nitrogen and oxygen atoms in total. The molecular weight excluding hydrogens is 272 g/mol. The number of hydrazine groups is 1. The molecule has 1 aliphatic rings. The molecule has 1 aromatic heterocycles. The second kappa shape index (κ2) is 6.77. The van der Waals surface area contributed by atoms with Crippen LogP contribution in [0.1, 0.15) is 25.1 Å². The third-order valence-corrected chi connectivity index (χ3v) is 4.27. The van der Waals surface area contributed by atoms with Gasteiger partial charge in [-0.25, -0.2) is 5.43 Å². The lowest BCUT2D eigenvalue weighted by Crippen LogP contribution is -2.42. The standard InChI is InChI=1S/C11H19ClN4OS/c1-2-3-16-11(8(12)6-14-16)10(15-13)9-7-18-5-4-17-9/h6,9-10,15H,2-5,7,13H2,1H3. The highest BCUT2D eigenvalue weighted by Gasteiger charge is 2.30. The van der Waals surface area contributed by atoms with Gasteiger partial charge in [-0.15, -0.1) is 0 Å². The Hall–Kier alpha value is -0.270. The Kier molecular flexibility index (Phi) is 5.32. The first kappa shape index (κ1) is 14.1. The molecule has 0 aromatic carbocycles. The first-order valence-electron chi connectivity index (χ1n) is 6.14. The van der Waals surface area contributed by atoms with E-state index in [2.05, 4.69) is 17.4 Å². The molecule has 7 heteroatoms. The van der Waals surface area contributed by atoms with Crippen LogP contribution >= 0.6 is 23.4 Å². The Morgan fingerprint density at radius 2 is 2.61 bits per heavy atom. The van der Waals surface area contributed by atoms with Gasteiger partial charge in [-0.2, -0.15) is 16.9 Å². The molecule has 2 heterocycles. The van der Waals surface area contributed by atoms with E-state index in [1.165, 1.54) is 0 Å². The molecule has 0 radical (unpaired) electrons. The predicted octanol–water partition coefficient (Wildman–Crippen LogP) is 1.58. The van der Waals surface area contributed by atoms with Gasteiger partial charge in [0.2, 0.25) is 0 Å². The summed E-state index contributed by atoms with van der Waals surface area (Å²) in [5.74, 6) is 7.65. The van der Waals surface area contributed by atoms with Crippen LogP contribution in [0.4, 0.5) is 0 Å². The zero-order valence-corrected chi connectivity index (χ0v) is 12.0. The fourth-order valence-electron chi connectivity index (χ4n) is 2.13. The minimum Gasteiger partial charge on any atom is -0.374 e. The first-order chi connectivity index (χ1) is 8.77. The van der Waals surface area contributed by atoms with Gasteiger partial charge in [0.25, 0.3) is 0 Å². The minimum absolute atomic E-state index is 0.0403. The molecule has 2 unspecified atom stereocenters. The quantitative estimate of drug-likeness (QED) is 0.637. The summed E-state index contributed by atoms with van der Waals surface area (Å²) >= 11 is 8.11. The van der Waals surface area contributed by atoms with Gasteiger partial charge < -0.3 is 4.74 Å². The Bertz CT molecular complexity index is 381. The Labute approximate surface area is 116 Å². The summed E-state index contributed by atoms with van der Waals surface area (Å²) in [6, 6.07) is -0.112. The molecule has 18 heavy (non-hydrogen) atoms. The molecule has 1 fully saturated rings. The molecule has 0 amide bonds. The van der Waals surface area contributed by atoms with Crippen molar-refractivity contribution < 1.29 is 4.74 Å². The molecule has 102 valence electrons. The molecule has 2 atom stereocenters. The number of aromatic nitrogens is 2. The number of nitrogens with two attached hydrogens (primary N) is 1. The number of aryl methyl sites for hydroxylation is 1. The normalized spacial score (nSPS) is 22.1. The monoisotopic (exact) mass is 290 g/mol. The molecule has 3 N–H and O–H groups in total. The fraction of sp³-hybridized carbons (Fsp3) is 0.727. The van der Waals surface area contributed by atoms with E-state index < -0.39 is 0 Å². The van der Waals surface area contributed by atoms with Gasteiger partial charge in [0.05, 0.1) is 35.7 Å². The van der Waals surface area contributed by atoms with Crippen molar-refractivity contribution in [3.8, 4) is 0 Å². The summed E-state index contributed by atoms with van der Waals surface area (Å²) in [6.45, 7) is 3.70. The van der Waals surface area contributed by atoms with E-state index in [1.807, 2.05) is 16.4 Å². The van der Waals surface area contributed by atoms with Crippen LogP contribution in [-0.2, 0) is 11.3 Å². The topological polar surface area (TPSA) is 65.1 Å². The number of rotatable bonds is 5. The van der Waals surface area contributed by atoms with Crippen LogP contribution in [0.2, 0.25) is 5.02 Å². The van der Waals surface area contributed by atoms with Gasteiger partial charge in [-0.1, -0.05) is 18.5 Å². The highest BCUT2D eigenvalue weighted by molar-refractivity contribution is 7.99. The van der Waals surface area contributed by atoms with Crippen LogP contribution < -0.4 is 11.3 Å². The van der Waals surface area contributed by atoms with Crippen LogP contribution in [-0.4, -0.2) is 34.0 Å². The van der Waals surface area contributed by atoms with E-state index in [9.17, 15) is 0 Å². The summed E-state index contributed by atoms with van der Waals surface area (Å²) in [7, 11) is 0. The maximum atomic E-state index is 6.23. The van der Waals surface area contributed by atoms with Gasteiger partial charge in [-0.05, 0) is 6.42 Å². The highest BCUT2D eigenvalue weighted by atomic mass is 35.5. The van der Waals surface area contributed by atoms with Crippen molar-refractivity contribution in [2.45, 2.75) is 32.0 Å². The minimum atomic E-state index is -0.112. The van der Waals surface area contributed by atoms with Crippen LogP contribution in [0.25, 0.3) is 0 Å². The lowest BCUT2D eigenvalue weighted by Gasteiger charge is -2.30. The first-order valence-corrected chi connectivity index (χ1v) is 7.67. The van der Waals surface area contributed by atoms with Crippen LogP contribution in [0.15, 0.2) is 6.20 Å². The zero-order chi connectivity index (χ0) is 13.0. The number of hydrogen-bond acceptors (Lipinski definition) is 5. The third kappa shape index (κ3) is 3.00. The maximum absolute atomic E-state index is 6.23. The smallest absolute Gasteiger partial charge is 0.0913 e. The predicted molar refractivity (Wildman–Crippen MR) is 74.7 cm³/mol. The average molecular weight is 291 g/mol. The van der Waals surface area contributed by atoms with E-state index in [0.29, 0.717) is 5.02 Å². The van der Waals surface area contributed by atoms with E-state index >= 15 is 0 Å². The average Bonchev–Trinajstić information content (AvgIpc) is 2.75. The Morgan fingerprint density at radius 3 is 3.22 bits per heavy atom. The lowest BCUT2D eigenvalue weighted by atomic mass is 10.1. The van der Waals surface area contributed by atoms with E-state index in [0.717, 1.165) is 36.8 Å². The van der Waals surface area contributed by atoms with Crippen molar-refractivity contribution in [1.29, 1.82) is 0 Å². The van der Waals surface area contributed by atoms with Crippen LogP contribution in [0.3, 0.4) is 0 Å². The highest BCUT2D eigenvalue weighted by Crippen LogP contribution is 2.29. The third-order valence-electron chi connectivity index (χ3n) is 2.96. The van der Waals surface area contributed by atoms with Gasteiger partial charge >= 0.3 is 0 Å². The van der Waals surface area contributed by atoms with Crippen LogP contribution in [0, 0.1) is 0 Å². The number of halogens is 1. The van der Waals surface area contributed by atoms with Gasteiger partial charge in [0.15, 0.2) is 0 Å².